The van der Waals surface area contributed by atoms with Crippen LogP contribution in [0.4, 0.5) is 0 Å². The number of amides is 1. The van der Waals surface area contributed by atoms with E-state index >= 15 is 0 Å². The molecular formula is C17H24N2O2. The molecule has 1 aromatic rings. The number of benzene rings is 1. The Morgan fingerprint density at radius 1 is 1.43 bits per heavy atom. The number of rotatable bonds is 2. The van der Waals surface area contributed by atoms with Gasteiger partial charge in [0.25, 0.3) is 5.91 Å². The molecule has 0 aliphatic carbocycles. The highest BCUT2D eigenvalue weighted by molar-refractivity contribution is 5.83. The largest absolute Gasteiger partial charge is 0.363 e. The van der Waals surface area contributed by atoms with Gasteiger partial charge in [-0.3, -0.25) is 4.79 Å². The molecule has 2 heterocycles. The molecule has 4 heteroatoms. The normalized spacial score (nSPS) is 27.0. The van der Waals surface area contributed by atoms with E-state index in [1.807, 2.05) is 30.0 Å². The zero-order valence-corrected chi connectivity index (χ0v) is 12.6. The Balaban J connectivity index is 1.77. The summed E-state index contributed by atoms with van der Waals surface area (Å²) in [6, 6.07) is 8.26. The molecule has 114 valence electrons. The van der Waals surface area contributed by atoms with Crippen molar-refractivity contribution in [3.8, 4) is 0 Å². The van der Waals surface area contributed by atoms with Crippen LogP contribution >= 0.6 is 0 Å². The topological polar surface area (TPSA) is 55.6 Å². The SMILES string of the molecule is CC(N)C1CCCN(C(=O)C2OCCc3ccccc32)C1. The number of carbonyl (C=O) groups is 1. The third kappa shape index (κ3) is 2.97. The van der Waals surface area contributed by atoms with Gasteiger partial charge in [-0.25, -0.2) is 0 Å². The second-order valence-corrected chi connectivity index (χ2v) is 6.25. The first kappa shape index (κ1) is 14.5. The fourth-order valence-corrected chi connectivity index (χ4v) is 3.40. The van der Waals surface area contributed by atoms with Crippen LogP contribution in [-0.2, 0) is 16.0 Å². The van der Waals surface area contributed by atoms with Gasteiger partial charge in [-0.2, -0.15) is 0 Å². The van der Waals surface area contributed by atoms with Crippen molar-refractivity contribution in [2.24, 2.45) is 11.7 Å². The molecule has 1 amide bonds. The summed E-state index contributed by atoms with van der Waals surface area (Å²) in [6.45, 7) is 4.24. The number of likely N-dealkylation sites (tertiary alicyclic amines) is 1. The average Bonchev–Trinajstić information content (AvgIpc) is 2.53. The third-order valence-corrected chi connectivity index (χ3v) is 4.73. The van der Waals surface area contributed by atoms with Crippen LogP contribution in [0.25, 0.3) is 0 Å². The molecule has 1 saturated heterocycles. The molecule has 0 radical (unpaired) electrons. The van der Waals surface area contributed by atoms with Crippen LogP contribution in [0.3, 0.4) is 0 Å². The van der Waals surface area contributed by atoms with Crippen molar-refractivity contribution in [2.45, 2.75) is 38.3 Å². The van der Waals surface area contributed by atoms with Crippen molar-refractivity contribution >= 4 is 5.91 Å². The predicted octanol–water partition coefficient (Wildman–Crippen LogP) is 1.89. The molecular weight excluding hydrogens is 264 g/mol. The van der Waals surface area contributed by atoms with Crippen molar-refractivity contribution < 1.29 is 9.53 Å². The number of nitrogens with two attached hydrogens (primary N) is 1. The molecule has 0 saturated carbocycles. The summed E-state index contributed by atoms with van der Waals surface area (Å²) in [4.78, 5) is 14.8. The Morgan fingerprint density at radius 2 is 2.24 bits per heavy atom. The Hall–Kier alpha value is -1.39. The molecule has 2 N–H and O–H groups in total. The molecule has 1 fully saturated rings. The summed E-state index contributed by atoms with van der Waals surface area (Å²) in [5.41, 5.74) is 8.29. The highest BCUT2D eigenvalue weighted by atomic mass is 16.5. The van der Waals surface area contributed by atoms with Gasteiger partial charge in [-0.15, -0.1) is 0 Å². The van der Waals surface area contributed by atoms with Crippen LogP contribution in [0.2, 0.25) is 0 Å². The Labute approximate surface area is 126 Å². The Morgan fingerprint density at radius 3 is 3.05 bits per heavy atom. The first-order valence-electron chi connectivity index (χ1n) is 7.90. The minimum Gasteiger partial charge on any atom is -0.363 e. The van der Waals surface area contributed by atoms with Gasteiger partial charge < -0.3 is 15.4 Å². The summed E-state index contributed by atoms with van der Waals surface area (Å²) in [5.74, 6) is 0.508. The molecule has 1 aromatic carbocycles. The highest BCUT2D eigenvalue weighted by Gasteiger charge is 2.33. The third-order valence-electron chi connectivity index (χ3n) is 4.73. The van der Waals surface area contributed by atoms with E-state index in [2.05, 4.69) is 6.07 Å². The van der Waals surface area contributed by atoms with Crippen molar-refractivity contribution in [1.29, 1.82) is 0 Å². The lowest BCUT2D eigenvalue weighted by atomic mass is 9.91. The van der Waals surface area contributed by atoms with Crippen LogP contribution in [0, 0.1) is 5.92 Å². The zero-order chi connectivity index (χ0) is 14.8. The molecule has 0 spiro atoms. The summed E-state index contributed by atoms with van der Waals surface area (Å²) in [6.07, 6.45) is 2.61. The van der Waals surface area contributed by atoms with Crippen molar-refractivity contribution in [3.05, 3.63) is 35.4 Å². The standard InChI is InChI=1S/C17H24N2O2/c1-12(18)14-6-4-9-19(11-14)17(20)16-15-7-3-2-5-13(15)8-10-21-16/h2-3,5,7,12,14,16H,4,6,8-11,18H2,1H3. The Bertz CT molecular complexity index is 515. The molecule has 0 bridgehead atoms. The van der Waals surface area contributed by atoms with E-state index in [1.165, 1.54) is 5.56 Å². The van der Waals surface area contributed by atoms with Gasteiger partial charge in [-0.1, -0.05) is 24.3 Å². The van der Waals surface area contributed by atoms with E-state index in [1.54, 1.807) is 0 Å². The number of piperidine rings is 1. The number of nitrogens with zero attached hydrogens (tertiary/aromatic N) is 1. The molecule has 2 aliphatic heterocycles. The second-order valence-electron chi connectivity index (χ2n) is 6.25. The quantitative estimate of drug-likeness (QED) is 0.904. The minimum atomic E-state index is -0.429. The lowest BCUT2D eigenvalue weighted by Crippen LogP contribution is -2.47. The van der Waals surface area contributed by atoms with Crippen LogP contribution in [0.1, 0.15) is 37.0 Å². The van der Waals surface area contributed by atoms with E-state index in [0.29, 0.717) is 12.5 Å². The van der Waals surface area contributed by atoms with Crippen LogP contribution in [-0.4, -0.2) is 36.5 Å². The summed E-state index contributed by atoms with van der Waals surface area (Å²) < 4.78 is 5.79. The molecule has 2 aliphatic rings. The van der Waals surface area contributed by atoms with Gasteiger partial charge in [0, 0.05) is 19.1 Å². The number of carbonyl (C=O) groups excluding carboxylic acids is 1. The fraction of sp³-hybridized carbons (Fsp3) is 0.588. The van der Waals surface area contributed by atoms with E-state index < -0.39 is 6.10 Å². The number of hydrogen-bond acceptors (Lipinski definition) is 3. The smallest absolute Gasteiger partial charge is 0.256 e. The summed E-state index contributed by atoms with van der Waals surface area (Å²) in [7, 11) is 0. The van der Waals surface area contributed by atoms with Crippen LogP contribution in [0.5, 0.6) is 0 Å². The van der Waals surface area contributed by atoms with Crippen LogP contribution in [0.15, 0.2) is 24.3 Å². The van der Waals surface area contributed by atoms with Gasteiger partial charge in [0.15, 0.2) is 6.10 Å². The van der Waals surface area contributed by atoms with Crippen molar-refractivity contribution in [1.82, 2.24) is 4.90 Å². The van der Waals surface area contributed by atoms with E-state index in [4.69, 9.17) is 10.5 Å². The molecule has 21 heavy (non-hydrogen) atoms. The van der Waals surface area contributed by atoms with E-state index in [9.17, 15) is 4.79 Å². The zero-order valence-electron chi connectivity index (χ0n) is 12.6. The lowest BCUT2D eigenvalue weighted by molar-refractivity contribution is -0.147. The molecule has 4 nitrogen and oxygen atoms in total. The first-order chi connectivity index (χ1) is 10.2. The number of fused-ring (bicyclic) bond motifs is 1. The monoisotopic (exact) mass is 288 g/mol. The maximum Gasteiger partial charge on any atom is 0.256 e. The number of hydrogen-bond donors (Lipinski definition) is 1. The minimum absolute atomic E-state index is 0.104. The van der Waals surface area contributed by atoms with Crippen LogP contribution < -0.4 is 5.73 Å². The number of ether oxygens (including phenoxy) is 1. The maximum absolute atomic E-state index is 12.8. The van der Waals surface area contributed by atoms with Gasteiger partial charge in [0.05, 0.1) is 6.61 Å². The Kier molecular flexibility index (Phi) is 4.27. The van der Waals surface area contributed by atoms with Crippen molar-refractivity contribution in [3.63, 3.8) is 0 Å². The van der Waals surface area contributed by atoms with Gasteiger partial charge >= 0.3 is 0 Å². The fourth-order valence-electron chi connectivity index (χ4n) is 3.40. The molecule has 3 unspecified atom stereocenters. The average molecular weight is 288 g/mol. The van der Waals surface area contributed by atoms with E-state index in [0.717, 1.165) is 37.9 Å². The van der Waals surface area contributed by atoms with Gasteiger partial charge in [0.2, 0.25) is 0 Å². The van der Waals surface area contributed by atoms with E-state index in [-0.39, 0.29) is 11.9 Å². The van der Waals surface area contributed by atoms with Crippen molar-refractivity contribution in [2.75, 3.05) is 19.7 Å². The first-order valence-corrected chi connectivity index (χ1v) is 7.90. The second kappa shape index (κ2) is 6.16. The summed E-state index contributed by atoms with van der Waals surface area (Å²) in [5, 5.41) is 0. The predicted molar refractivity (Wildman–Crippen MR) is 81.8 cm³/mol. The van der Waals surface area contributed by atoms with Gasteiger partial charge in [0.1, 0.15) is 0 Å². The molecule has 0 aromatic heterocycles. The lowest BCUT2D eigenvalue weighted by Gasteiger charge is -2.37. The maximum atomic E-state index is 12.8. The highest BCUT2D eigenvalue weighted by Crippen LogP contribution is 2.30. The molecule has 3 rings (SSSR count). The van der Waals surface area contributed by atoms with Gasteiger partial charge in [-0.05, 0) is 43.2 Å². The summed E-state index contributed by atoms with van der Waals surface area (Å²) >= 11 is 0. The molecule has 3 atom stereocenters.